The number of nitrogens with zero attached hydrogens (tertiary/aromatic N) is 1. The number of carbonyl (C=O) groups is 1. The van der Waals surface area contributed by atoms with Crippen LogP contribution in [0.1, 0.15) is 27.7 Å². The molecule has 0 unspecified atom stereocenters. The lowest BCUT2D eigenvalue weighted by Crippen LogP contribution is -2.45. The lowest BCUT2D eigenvalue weighted by molar-refractivity contribution is -0.120. The molecule has 0 aliphatic carbocycles. The van der Waals surface area contributed by atoms with Gasteiger partial charge in [-0.25, -0.2) is 0 Å². The van der Waals surface area contributed by atoms with Crippen LogP contribution >= 0.6 is 24.8 Å². The van der Waals surface area contributed by atoms with Crippen molar-refractivity contribution >= 4 is 42.1 Å². The Kier molecular flexibility index (Phi) is 8.90. The molecular weight excluding hydrogens is 297 g/mol. The molecule has 1 rings (SSSR count). The Hall–Kier alpha value is -0.970. The second-order valence-corrected chi connectivity index (χ2v) is 5.43. The fourth-order valence-electron chi connectivity index (χ4n) is 1.39. The second kappa shape index (κ2) is 8.35. The third kappa shape index (κ3) is 5.99. The molecule has 0 fully saturated rings. The molecule has 0 aliphatic heterocycles. The van der Waals surface area contributed by atoms with Crippen LogP contribution in [0.3, 0.4) is 0 Å². The van der Waals surface area contributed by atoms with Crippen molar-refractivity contribution in [2.45, 2.75) is 39.3 Å². The van der Waals surface area contributed by atoms with Crippen LogP contribution in [-0.2, 0) is 4.79 Å². The highest BCUT2D eigenvalue weighted by atomic mass is 35.5. The topological polar surface area (TPSA) is 58.4 Å². The number of halogens is 2. The van der Waals surface area contributed by atoms with Crippen molar-refractivity contribution in [2.24, 2.45) is 5.73 Å². The first-order chi connectivity index (χ1) is 8.21. The van der Waals surface area contributed by atoms with E-state index in [0.29, 0.717) is 6.04 Å². The first-order valence-electron chi connectivity index (χ1n) is 6.15. The van der Waals surface area contributed by atoms with Gasteiger partial charge in [0.1, 0.15) is 0 Å². The molecular formula is C14H25Cl2N3O. The summed E-state index contributed by atoms with van der Waals surface area (Å²) in [6, 6.07) is 8.16. The van der Waals surface area contributed by atoms with E-state index in [-0.39, 0.29) is 30.7 Å². The Labute approximate surface area is 133 Å². The van der Waals surface area contributed by atoms with E-state index in [1.54, 1.807) is 13.8 Å². The third-order valence-corrected chi connectivity index (χ3v) is 2.87. The molecule has 0 saturated carbocycles. The van der Waals surface area contributed by atoms with Gasteiger partial charge in [0, 0.05) is 24.5 Å². The first kappa shape index (κ1) is 21.3. The number of nitrogens with two attached hydrogens (primary N) is 1. The summed E-state index contributed by atoms with van der Waals surface area (Å²) in [5.74, 6) is -0.188. The summed E-state index contributed by atoms with van der Waals surface area (Å²) >= 11 is 0. The SMILES string of the molecule is CC(C)N(C)c1cccc(NC(=O)C(C)(C)N)c1.Cl.Cl. The molecule has 6 heteroatoms. The van der Waals surface area contributed by atoms with E-state index >= 15 is 0 Å². The Morgan fingerprint density at radius 3 is 2.30 bits per heavy atom. The van der Waals surface area contributed by atoms with Gasteiger partial charge in [0.25, 0.3) is 0 Å². The summed E-state index contributed by atoms with van der Waals surface area (Å²) in [6.07, 6.45) is 0. The van der Waals surface area contributed by atoms with Gasteiger partial charge in [-0.2, -0.15) is 0 Å². The van der Waals surface area contributed by atoms with E-state index < -0.39 is 5.54 Å². The molecule has 0 radical (unpaired) electrons. The number of hydrogen-bond acceptors (Lipinski definition) is 3. The van der Waals surface area contributed by atoms with Crippen molar-refractivity contribution in [3.8, 4) is 0 Å². The highest BCUT2D eigenvalue weighted by molar-refractivity contribution is 5.97. The van der Waals surface area contributed by atoms with E-state index in [2.05, 4.69) is 24.1 Å². The lowest BCUT2D eigenvalue weighted by Gasteiger charge is -2.25. The highest BCUT2D eigenvalue weighted by Crippen LogP contribution is 2.20. The van der Waals surface area contributed by atoms with Gasteiger partial charge < -0.3 is 16.0 Å². The maximum absolute atomic E-state index is 11.8. The zero-order valence-corrected chi connectivity index (χ0v) is 14.3. The van der Waals surface area contributed by atoms with Gasteiger partial charge in [0.15, 0.2) is 0 Å². The van der Waals surface area contributed by atoms with E-state index in [9.17, 15) is 4.79 Å². The molecule has 20 heavy (non-hydrogen) atoms. The number of rotatable bonds is 4. The molecule has 0 spiro atoms. The van der Waals surface area contributed by atoms with Crippen molar-refractivity contribution in [2.75, 3.05) is 17.3 Å². The van der Waals surface area contributed by atoms with Crippen molar-refractivity contribution in [1.29, 1.82) is 0 Å². The van der Waals surface area contributed by atoms with E-state index in [0.717, 1.165) is 11.4 Å². The molecule has 3 N–H and O–H groups in total. The standard InChI is InChI=1S/C14H23N3O.2ClH/c1-10(2)17(5)12-8-6-7-11(9-12)16-13(18)14(3,4)15;;/h6-10H,15H2,1-5H3,(H,16,18);2*1H. The van der Waals surface area contributed by atoms with Crippen molar-refractivity contribution in [3.05, 3.63) is 24.3 Å². The molecule has 0 aliphatic rings. The minimum atomic E-state index is -0.875. The second-order valence-electron chi connectivity index (χ2n) is 5.43. The van der Waals surface area contributed by atoms with Crippen LogP contribution in [0, 0.1) is 0 Å². The molecule has 116 valence electrons. The maximum atomic E-state index is 11.8. The lowest BCUT2D eigenvalue weighted by atomic mass is 10.1. The Bertz CT molecular complexity index is 431. The van der Waals surface area contributed by atoms with Crippen LogP contribution in [0.5, 0.6) is 0 Å². The summed E-state index contributed by atoms with van der Waals surface area (Å²) in [6.45, 7) is 7.61. The first-order valence-corrected chi connectivity index (χ1v) is 6.15. The van der Waals surface area contributed by atoms with Gasteiger partial charge in [-0.05, 0) is 45.9 Å². The largest absolute Gasteiger partial charge is 0.372 e. The molecule has 1 aromatic carbocycles. The predicted molar refractivity (Wildman–Crippen MR) is 91.4 cm³/mol. The van der Waals surface area contributed by atoms with Gasteiger partial charge in [0.05, 0.1) is 5.54 Å². The zero-order valence-electron chi connectivity index (χ0n) is 12.6. The van der Waals surface area contributed by atoms with Crippen LogP contribution in [-0.4, -0.2) is 24.5 Å². The van der Waals surface area contributed by atoms with Gasteiger partial charge >= 0.3 is 0 Å². The number of benzene rings is 1. The Morgan fingerprint density at radius 1 is 1.30 bits per heavy atom. The van der Waals surface area contributed by atoms with E-state index in [1.165, 1.54) is 0 Å². The Balaban J connectivity index is 0. The summed E-state index contributed by atoms with van der Waals surface area (Å²) in [5.41, 5.74) is 6.71. The Morgan fingerprint density at radius 2 is 1.85 bits per heavy atom. The smallest absolute Gasteiger partial charge is 0.243 e. The van der Waals surface area contributed by atoms with Crippen LogP contribution in [0.2, 0.25) is 0 Å². The summed E-state index contributed by atoms with van der Waals surface area (Å²) in [7, 11) is 2.03. The van der Waals surface area contributed by atoms with Gasteiger partial charge in [0.2, 0.25) is 5.91 Å². The molecule has 0 atom stereocenters. The van der Waals surface area contributed by atoms with E-state index in [4.69, 9.17) is 5.73 Å². The molecule has 1 aromatic rings. The fourth-order valence-corrected chi connectivity index (χ4v) is 1.39. The van der Waals surface area contributed by atoms with Crippen molar-refractivity contribution in [1.82, 2.24) is 0 Å². The van der Waals surface area contributed by atoms with Crippen LogP contribution < -0.4 is 16.0 Å². The maximum Gasteiger partial charge on any atom is 0.243 e. The molecule has 1 amide bonds. The molecule has 0 heterocycles. The minimum Gasteiger partial charge on any atom is -0.372 e. The summed E-state index contributed by atoms with van der Waals surface area (Å²) < 4.78 is 0. The molecule has 4 nitrogen and oxygen atoms in total. The normalized spacial score (nSPS) is 10.3. The average molecular weight is 322 g/mol. The molecule has 0 bridgehead atoms. The van der Waals surface area contributed by atoms with Crippen LogP contribution in [0.15, 0.2) is 24.3 Å². The molecule has 0 aromatic heterocycles. The number of anilines is 2. The van der Waals surface area contributed by atoms with Crippen LogP contribution in [0.25, 0.3) is 0 Å². The summed E-state index contributed by atoms with van der Waals surface area (Å²) in [5, 5.41) is 2.83. The van der Waals surface area contributed by atoms with Gasteiger partial charge in [-0.1, -0.05) is 6.07 Å². The third-order valence-electron chi connectivity index (χ3n) is 2.87. The van der Waals surface area contributed by atoms with Crippen molar-refractivity contribution < 1.29 is 4.79 Å². The van der Waals surface area contributed by atoms with Gasteiger partial charge in [-0.15, -0.1) is 24.8 Å². The highest BCUT2D eigenvalue weighted by Gasteiger charge is 2.21. The predicted octanol–water partition coefficient (Wildman–Crippen LogP) is 3.05. The average Bonchev–Trinajstić information content (AvgIpc) is 2.27. The monoisotopic (exact) mass is 321 g/mol. The fraction of sp³-hybridized carbons (Fsp3) is 0.500. The quantitative estimate of drug-likeness (QED) is 0.896. The number of nitrogens with one attached hydrogen (secondary N) is 1. The number of amides is 1. The minimum absolute atomic E-state index is 0. The van der Waals surface area contributed by atoms with Crippen molar-refractivity contribution in [3.63, 3.8) is 0 Å². The number of hydrogen-bond donors (Lipinski definition) is 2. The van der Waals surface area contributed by atoms with E-state index in [1.807, 2.05) is 31.3 Å². The van der Waals surface area contributed by atoms with Crippen LogP contribution in [0.4, 0.5) is 11.4 Å². The zero-order chi connectivity index (χ0) is 13.9. The van der Waals surface area contributed by atoms with Gasteiger partial charge in [-0.3, -0.25) is 4.79 Å². The molecule has 0 saturated heterocycles. The number of carbonyl (C=O) groups excluding carboxylic acids is 1. The summed E-state index contributed by atoms with van der Waals surface area (Å²) in [4.78, 5) is 13.9.